The molecule has 1 saturated heterocycles. The highest BCUT2D eigenvalue weighted by atomic mass is 16.7. The highest BCUT2D eigenvalue weighted by molar-refractivity contribution is 6.02. The Bertz CT molecular complexity index is 1070. The maximum atomic E-state index is 12.9. The van der Waals surface area contributed by atoms with Crippen molar-refractivity contribution in [2.45, 2.75) is 32.0 Å². The van der Waals surface area contributed by atoms with Crippen molar-refractivity contribution in [3.8, 4) is 11.5 Å². The zero-order chi connectivity index (χ0) is 20.8. The number of ether oxygens (including phenoxy) is 2. The number of nitrogens with zero attached hydrogens (tertiary/aromatic N) is 2. The van der Waals surface area contributed by atoms with Gasteiger partial charge in [-0.1, -0.05) is 12.1 Å². The second-order valence-electron chi connectivity index (χ2n) is 7.79. The lowest BCUT2D eigenvalue weighted by atomic mass is 10.1. The highest BCUT2D eigenvalue weighted by Gasteiger charge is 2.36. The Morgan fingerprint density at radius 1 is 1.13 bits per heavy atom. The van der Waals surface area contributed by atoms with Crippen molar-refractivity contribution in [3.05, 3.63) is 53.1 Å². The summed E-state index contributed by atoms with van der Waals surface area (Å²) in [6.45, 7) is 1.08. The molecule has 8 nitrogen and oxygen atoms in total. The Kier molecular flexibility index (Phi) is 4.34. The van der Waals surface area contributed by atoms with Gasteiger partial charge in [0.25, 0.3) is 5.91 Å². The number of fused-ring (bicyclic) bond motifs is 2. The summed E-state index contributed by atoms with van der Waals surface area (Å²) in [4.78, 5) is 40.8. The van der Waals surface area contributed by atoms with Crippen LogP contribution < -0.4 is 14.8 Å². The summed E-state index contributed by atoms with van der Waals surface area (Å²) in [7, 11) is 1.75. The van der Waals surface area contributed by atoms with Crippen LogP contribution in [0.4, 0.5) is 5.69 Å². The van der Waals surface area contributed by atoms with Crippen LogP contribution in [0.25, 0.3) is 0 Å². The minimum absolute atomic E-state index is 0.0541. The Hall–Kier alpha value is -3.55. The maximum Gasteiger partial charge on any atom is 0.254 e. The lowest BCUT2D eigenvalue weighted by Gasteiger charge is -2.24. The average Bonchev–Trinajstić information content (AvgIpc) is 3.41. The molecule has 0 unspecified atom stereocenters. The molecule has 1 atom stereocenters. The minimum atomic E-state index is -0.561. The van der Waals surface area contributed by atoms with Gasteiger partial charge in [-0.3, -0.25) is 14.4 Å². The van der Waals surface area contributed by atoms with E-state index in [9.17, 15) is 14.4 Å². The van der Waals surface area contributed by atoms with E-state index in [1.807, 2.05) is 24.3 Å². The molecular weight excluding hydrogens is 386 g/mol. The van der Waals surface area contributed by atoms with Crippen molar-refractivity contribution in [3.63, 3.8) is 0 Å². The molecular formula is C22H21N3O5. The molecule has 1 N–H and O–H groups in total. The summed E-state index contributed by atoms with van der Waals surface area (Å²) in [5, 5.41) is 2.88. The standard InChI is InChI=1S/C22H21N3O5/c1-24-11-14-3-4-15(9-16(14)22(24)28)23-21(27)17-5-7-20(26)25(17)10-13-2-6-18-19(8-13)30-12-29-18/h2-4,6,8-9,17H,5,7,10-12H2,1H3,(H,23,27)/t17-/m0/s1. The van der Waals surface area contributed by atoms with Crippen molar-refractivity contribution in [2.24, 2.45) is 0 Å². The van der Waals surface area contributed by atoms with Gasteiger partial charge < -0.3 is 24.6 Å². The Morgan fingerprint density at radius 3 is 2.83 bits per heavy atom. The van der Waals surface area contributed by atoms with Gasteiger partial charge in [0.15, 0.2) is 11.5 Å². The molecule has 0 radical (unpaired) electrons. The first kappa shape index (κ1) is 18.5. The number of rotatable bonds is 4. The van der Waals surface area contributed by atoms with Gasteiger partial charge in [-0.15, -0.1) is 0 Å². The summed E-state index contributed by atoms with van der Waals surface area (Å²) >= 11 is 0. The van der Waals surface area contributed by atoms with Crippen molar-refractivity contribution in [1.29, 1.82) is 0 Å². The van der Waals surface area contributed by atoms with E-state index in [1.54, 1.807) is 29.0 Å². The zero-order valence-corrected chi connectivity index (χ0v) is 16.5. The smallest absolute Gasteiger partial charge is 0.254 e. The SMILES string of the molecule is CN1Cc2ccc(NC(=O)[C@@H]3CCC(=O)N3Cc3ccc4c(c3)OCO4)cc2C1=O. The van der Waals surface area contributed by atoms with Crippen LogP contribution in [0.2, 0.25) is 0 Å². The molecule has 1 fully saturated rings. The summed E-state index contributed by atoms with van der Waals surface area (Å²) in [5.41, 5.74) is 2.99. The molecule has 0 spiro atoms. The van der Waals surface area contributed by atoms with Crippen LogP contribution in [-0.4, -0.2) is 47.4 Å². The molecule has 3 amide bonds. The Balaban J connectivity index is 1.31. The number of carbonyl (C=O) groups excluding carboxylic acids is 3. The molecule has 8 heteroatoms. The van der Waals surface area contributed by atoms with Gasteiger partial charge >= 0.3 is 0 Å². The second kappa shape index (κ2) is 7.05. The number of nitrogens with one attached hydrogen (secondary N) is 1. The third-order valence-corrected chi connectivity index (χ3v) is 5.78. The molecule has 0 aliphatic carbocycles. The lowest BCUT2D eigenvalue weighted by Crippen LogP contribution is -2.41. The summed E-state index contributed by atoms with van der Waals surface area (Å²) in [5.74, 6) is 0.964. The van der Waals surface area contributed by atoms with Gasteiger partial charge in [-0.25, -0.2) is 0 Å². The molecule has 5 rings (SSSR count). The maximum absolute atomic E-state index is 12.9. The number of amides is 3. The molecule has 3 aliphatic heterocycles. The molecule has 0 bridgehead atoms. The fourth-order valence-corrected chi connectivity index (χ4v) is 4.19. The summed E-state index contributed by atoms with van der Waals surface area (Å²) in [6.07, 6.45) is 0.790. The van der Waals surface area contributed by atoms with Gasteiger partial charge in [0, 0.05) is 37.8 Å². The van der Waals surface area contributed by atoms with E-state index < -0.39 is 6.04 Å². The van der Waals surface area contributed by atoms with Gasteiger partial charge in [0.2, 0.25) is 18.6 Å². The van der Waals surface area contributed by atoms with Crippen LogP contribution in [0.3, 0.4) is 0 Å². The molecule has 154 valence electrons. The van der Waals surface area contributed by atoms with E-state index in [4.69, 9.17) is 9.47 Å². The fourth-order valence-electron chi connectivity index (χ4n) is 4.19. The van der Waals surface area contributed by atoms with Crippen LogP contribution >= 0.6 is 0 Å². The first-order valence-electron chi connectivity index (χ1n) is 9.87. The number of benzene rings is 2. The van der Waals surface area contributed by atoms with Crippen LogP contribution in [-0.2, 0) is 22.7 Å². The quantitative estimate of drug-likeness (QED) is 0.839. The highest BCUT2D eigenvalue weighted by Crippen LogP contribution is 2.34. The molecule has 0 aromatic heterocycles. The number of hydrogen-bond acceptors (Lipinski definition) is 5. The normalized spacial score (nSPS) is 19.4. The van der Waals surface area contributed by atoms with Crippen molar-refractivity contribution in [2.75, 3.05) is 19.2 Å². The summed E-state index contributed by atoms with van der Waals surface area (Å²) < 4.78 is 10.7. The molecule has 2 aromatic carbocycles. The monoisotopic (exact) mass is 407 g/mol. The number of anilines is 1. The molecule has 3 heterocycles. The molecule has 2 aromatic rings. The van der Waals surface area contributed by atoms with Gasteiger partial charge in [0.05, 0.1) is 0 Å². The topological polar surface area (TPSA) is 88.2 Å². The first-order valence-corrected chi connectivity index (χ1v) is 9.87. The summed E-state index contributed by atoms with van der Waals surface area (Å²) in [6, 6.07) is 10.3. The van der Waals surface area contributed by atoms with Crippen LogP contribution in [0.5, 0.6) is 11.5 Å². The molecule has 30 heavy (non-hydrogen) atoms. The lowest BCUT2D eigenvalue weighted by molar-refractivity contribution is -0.133. The van der Waals surface area contributed by atoms with Crippen LogP contribution in [0.15, 0.2) is 36.4 Å². The van der Waals surface area contributed by atoms with Gasteiger partial charge in [0.1, 0.15) is 6.04 Å². The van der Waals surface area contributed by atoms with Gasteiger partial charge in [-0.05, 0) is 41.8 Å². The third kappa shape index (κ3) is 3.14. The van der Waals surface area contributed by atoms with Crippen molar-refractivity contribution < 1.29 is 23.9 Å². The predicted molar refractivity (Wildman–Crippen MR) is 107 cm³/mol. The van der Waals surface area contributed by atoms with Crippen LogP contribution in [0, 0.1) is 0 Å². The van der Waals surface area contributed by atoms with E-state index in [2.05, 4.69) is 5.32 Å². The second-order valence-corrected chi connectivity index (χ2v) is 7.79. The zero-order valence-electron chi connectivity index (χ0n) is 16.5. The van der Waals surface area contributed by atoms with E-state index in [0.29, 0.717) is 48.7 Å². The third-order valence-electron chi connectivity index (χ3n) is 5.78. The van der Waals surface area contributed by atoms with Crippen LogP contribution in [0.1, 0.15) is 34.3 Å². The van der Waals surface area contributed by atoms with Crippen molar-refractivity contribution >= 4 is 23.4 Å². The average molecular weight is 407 g/mol. The molecule has 3 aliphatic rings. The largest absolute Gasteiger partial charge is 0.454 e. The van der Waals surface area contributed by atoms with E-state index in [-0.39, 0.29) is 24.5 Å². The number of likely N-dealkylation sites (tertiary alicyclic amines) is 1. The number of hydrogen-bond donors (Lipinski definition) is 1. The fraction of sp³-hybridized carbons (Fsp3) is 0.318. The molecule has 0 saturated carbocycles. The number of carbonyl (C=O) groups is 3. The Labute approximate surface area is 173 Å². The predicted octanol–water partition coefficient (Wildman–Crippen LogP) is 2.13. The van der Waals surface area contributed by atoms with E-state index >= 15 is 0 Å². The van der Waals surface area contributed by atoms with Gasteiger partial charge in [-0.2, -0.15) is 0 Å². The van der Waals surface area contributed by atoms with E-state index in [1.165, 1.54) is 0 Å². The Morgan fingerprint density at radius 2 is 1.97 bits per heavy atom. The van der Waals surface area contributed by atoms with E-state index in [0.717, 1.165) is 11.1 Å². The van der Waals surface area contributed by atoms with Crippen molar-refractivity contribution in [1.82, 2.24) is 9.80 Å². The first-order chi connectivity index (χ1) is 14.5. The minimum Gasteiger partial charge on any atom is -0.454 e.